The molecule has 2 atom stereocenters. The summed E-state index contributed by atoms with van der Waals surface area (Å²) in [5.74, 6) is 0.269. The van der Waals surface area contributed by atoms with Crippen LogP contribution in [0.15, 0.2) is 94.2 Å². The monoisotopic (exact) mass is 498 g/mol. The van der Waals surface area contributed by atoms with Gasteiger partial charge in [-0.05, 0) is 23.3 Å². The van der Waals surface area contributed by atoms with E-state index in [0.717, 1.165) is 22.3 Å². The fourth-order valence-corrected chi connectivity index (χ4v) is 4.44. The van der Waals surface area contributed by atoms with E-state index in [1.165, 1.54) is 12.5 Å². The average Bonchev–Trinajstić information content (AvgIpc) is 3.43. The Morgan fingerprint density at radius 2 is 1.04 bits per heavy atom. The number of carbonyl (C=O) groups excluding carboxylic acids is 1. The summed E-state index contributed by atoms with van der Waals surface area (Å²) in [6, 6.07) is 23.4. The summed E-state index contributed by atoms with van der Waals surface area (Å²) in [5.41, 5.74) is 3.62. The second-order valence-corrected chi connectivity index (χ2v) is 8.12. The maximum absolute atomic E-state index is 13.3. The molecule has 4 aromatic rings. The zero-order valence-electron chi connectivity index (χ0n) is 14.7. The molecule has 2 unspecified atom stereocenters. The topological polar surface area (TPSA) is 43.4 Å². The molecule has 0 bridgehead atoms. The predicted molar refractivity (Wildman–Crippen MR) is 115 cm³/mol. The first-order chi connectivity index (χ1) is 13.7. The van der Waals surface area contributed by atoms with Crippen molar-refractivity contribution in [3.8, 4) is 0 Å². The van der Waals surface area contributed by atoms with Crippen LogP contribution in [0.3, 0.4) is 0 Å². The van der Waals surface area contributed by atoms with Gasteiger partial charge in [-0.25, -0.2) is 0 Å². The number of benzene rings is 2. The fraction of sp³-hybridized carbons (Fsp3) is 0.0870. The minimum atomic E-state index is -0.277. The molecule has 5 heteroatoms. The van der Waals surface area contributed by atoms with Gasteiger partial charge < -0.3 is 8.83 Å². The maximum atomic E-state index is 13.3. The second kappa shape index (κ2) is 8.33. The first kappa shape index (κ1) is 19.0. The molecule has 4 rings (SSSR count). The van der Waals surface area contributed by atoms with Crippen molar-refractivity contribution in [1.82, 2.24) is 0 Å². The lowest BCUT2D eigenvalue weighted by atomic mass is 10.00. The van der Waals surface area contributed by atoms with Gasteiger partial charge in [-0.3, -0.25) is 4.79 Å². The number of hydrogen-bond acceptors (Lipinski definition) is 3. The third-order valence-electron chi connectivity index (χ3n) is 4.53. The fourth-order valence-electron chi connectivity index (χ4n) is 3.11. The minimum absolute atomic E-state index is 0.154. The molecule has 0 aliphatic rings. The Labute approximate surface area is 179 Å². The lowest BCUT2D eigenvalue weighted by molar-refractivity contribution is 0.0981. The van der Waals surface area contributed by atoms with Crippen LogP contribution in [0.2, 0.25) is 0 Å². The molecule has 0 fully saturated rings. The van der Waals surface area contributed by atoms with Crippen LogP contribution < -0.4 is 0 Å². The molecular formula is C23H16Br2O3. The minimum Gasteiger partial charge on any atom is -0.460 e. The number of halogens is 2. The van der Waals surface area contributed by atoms with E-state index in [0.29, 0.717) is 0 Å². The van der Waals surface area contributed by atoms with Crippen molar-refractivity contribution < 1.29 is 13.6 Å². The lowest BCUT2D eigenvalue weighted by Crippen LogP contribution is -2.07. The van der Waals surface area contributed by atoms with E-state index in [-0.39, 0.29) is 27.0 Å². The highest BCUT2D eigenvalue weighted by atomic mass is 79.9. The maximum Gasteiger partial charge on any atom is 0.263 e. The smallest absolute Gasteiger partial charge is 0.263 e. The van der Waals surface area contributed by atoms with Crippen LogP contribution in [0.5, 0.6) is 0 Å². The van der Waals surface area contributed by atoms with Crippen molar-refractivity contribution in [2.75, 3.05) is 0 Å². The first-order valence-electron chi connectivity index (χ1n) is 8.74. The molecular weight excluding hydrogens is 484 g/mol. The van der Waals surface area contributed by atoms with Gasteiger partial charge >= 0.3 is 0 Å². The first-order valence-corrected chi connectivity index (χ1v) is 10.6. The third kappa shape index (κ3) is 3.64. The quantitative estimate of drug-likeness (QED) is 0.210. The van der Waals surface area contributed by atoms with E-state index in [9.17, 15) is 4.79 Å². The van der Waals surface area contributed by atoms with Crippen molar-refractivity contribution in [3.63, 3.8) is 0 Å². The van der Waals surface area contributed by atoms with Crippen molar-refractivity contribution in [3.05, 3.63) is 119 Å². The van der Waals surface area contributed by atoms with Crippen LogP contribution >= 0.6 is 31.9 Å². The standard InChI is InChI=1S/C23H16Br2O3/c24-19(15-7-3-1-4-8-15)17-11-13-27-22(17)21(26)23-18(12-14-28-23)20(25)16-9-5-2-6-10-16/h1-14,19-20H. The Kier molecular flexibility index (Phi) is 5.64. The molecule has 0 N–H and O–H groups in total. The molecule has 0 radical (unpaired) electrons. The van der Waals surface area contributed by atoms with Crippen molar-refractivity contribution in [2.24, 2.45) is 0 Å². The van der Waals surface area contributed by atoms with Crippen molar-refractivity contribution in [2.45, 2.75) is 9.65 Å². The highest BCUT2D eigenvalue weighted by molar-refractivity contribution is 9.09. The molecule has 0 aliphatic heterocycles. The van der Waals surface area contributed by atoms with Crippen LogP contribution in [-0.2, 0) is 0 Å². The van der Waals surface area contributed by atoms with E-state index in [2.05, 4.69) is 31.9 Å². The summed E-state index contributed by atoms with van der Waals surface area (Å²) in [6.07, 6.45) is 3.07. The summed E-state index contributed by atoms with van der Waals surface area (Å²) < 4.78 is 11.2. The Bertz CT molecular complexity index is 982. The number of hydrogen-bond donors (Lipinski definition) is 0. The van der Waals surface area contributed by atoms with Crippen LogP contribution in [0.1, 0.15) is 48.2 Å². The SMILES string of the molecule is O=C(c1occc1C(Br)c1ccccc1)c1occc1C(Br)c1ccccc1. The molecule has 2 aromatic carbocycles. The van der Waals surface area contributed by atoms with Gasteiger partial charge in [0, 0.05) is 11.1 Å². The van der Waals surface area contributed by atoms with Gasteiger partial charge in [-0.1, -0.05) is 92.5 Å². The number of rotatable bonds is 6. The summed E-state index contributed by atoms with van der Waals surface area (Å²) in [6.45, 7) is 0. The van der Waals surface area contributed by atoms with Gasteiger partial charge in [0.1, 0.15) is 0 Å². The van der Waals surface area contributed by atoms with Gasteiger partial charge in [0.25, 0.3) is 5.78 Å². The van der Waals surface area contributed by atoms with Crippen molar-refractivity contribution >= 4 is 37.6 Å². The van der Waals surface area contributed by atoms with E-state index < -0.39 is 0 Å². The summed E-state index contributed by atoms with van der Waals surface area (Å²) in [4.78, 5) is 12.9. The number of ketones is 1. The van der Waals surface area contributed by atoms with Gasteiger partial charge in [-0.2, -0.15) is 0 Å². The zero-order chi connectivity index (χ0) is 19.5. The molecule has 2 aromatic heterocycles. The third-order valence-corrected chi connectivity index (χ3v) is 6.58. The molecule has 28 heavy (non-hydrogen) atoms. The normalized spacial score (nSPS) is 13.2. The molecule has 0 aliphatic carbocycles. The van der Waals surface area contributed by atoms with Crippen LogP contribution in [0.4, 0.5) is 0 Å². The summed E-state index contributed by atoms with van der Waals surface area (Å²) in [7, 11) is 0. The number of furan rings is 2. The molecule has 2 heterocycles. The largest absolute Gasteiger partial charge is 0.460 e. The van der Waals surface area contributed by atoms with Crippen LogP contribution in [-0.4, -0.2) is 5.78 Å². The summed E-state index contributed by atoms with van der Waals surface area (Å²) >= 11 is 7.38. The number of carbonyl (C=O) groups is 1. The van der Waals surface area contributed by atoms with E-state index >= 15 is 0 Å². The average molecular weight is 500 g/mol. The molecule has 0 saturated heterocycles. The highest BCUT2D eigenvalue weighted by Crippen LogP contribution is 2.37. The molecule has 0 amide bonds. The predicted octanol–water partition coefficient (Wildman–Crippen LogP) is 7.07. The summed E-state index contributed by atoms with van der Waals surface area (Å²) in [5, 5.41) is 0. The van der Waals surface area contributed by atoms with E-state index in [4.69, 9.17) is 8.83 Å². The second-order valence-electron chi connectivity index (χ2n) is 6.29. The Morgan fingerprint density at radius 3 is 1.43 bits per heavy atom. The Hall–Kier alpha value is -2.37. The van der Waals surface area contributed by atoms with E-state index in [1.807, 2.05) is 72.8 Å². The molecule has 0 spiro atoms. The molecule has 140 valence electrons. The van der Waals surface area contributed by atoms with Crippen molar-refractivity contribution in [1.29, 1.82) is 0 Å². The van der Waals surface area contributed by atoms with Gasteiger partial charge in [0.15, 0.2) is 11.5 Å². The Morgan fingerprint density at radius 1 is 0.643 bits per heavy atom. The van der Waals surface area contributed by atoms with Gasteiger partial charge in [0.05, 0.1) is 22.2 Å². The lowest BCUT2D eigenvalue weighted by Gasteiger charge is -2.12. The van der Waals surface area contributed by atoms with Crippen LogP contribution in [0.25, 0.3) is 0 Å². The Balaban J connectivity index is 1.68. The number of alkyl halides is 2. The van der Waals surface area contributed by atoms with E-state index in [1.54, 1.807) is 0 Å². The molecule has 3 nitrogen and oxygen atoms in total. The van der Waals surface area contributed by atoms with Gasteiger partial charge in [0.2, 0.25) is 0 Å². The zero-order valence-corrected chi connectivity index (χ0v) is 17.9. The highest BCUT2D eigenvalue weighted by Gasteiger charge is 2.29. The van der Waals surface area contributed by atoms with Gasteiger partial charge in [-0.15, -0.1) is 0 Å². The van der Waals surface area contributed by atoms with Crippen LogP contribution in [0, 0.1) is 0 Å². The molecule has 0 saturated carbocycles.